The molecule has 1 fully saturated rings. The number of carbonyl (C=O) groups is 1. The molecule has 0 aliphatic carbocycles. The van der Waals surface area contributed by atoms with Gasteiger partial charge in [-0.1, -0.05) is 11.3 Å². The Bertz CT molecular complexity index is 704. The first-order valence-corrected chi connectivity index (χ1v) is 8.71. The minimum atomic E-state index is -0.867. The van der Waals surface area contributed by atoms with Crippen LogP contribution in [0, 0.1) is 0 Å². The molecule has 1 amide bonds. The molecule has 1 aliphatic heterocycles. The lowest BCUT2D eigenvalue weighted by atomic mass is 10.2. The summed E-state index contributed by atoms with van der Waals surface area (Å²) < 4.78 is 5.45. The molecule has 1 aliphatic rings. The van der Waals surface area contributed by atoms with Crippen molar-refractivity contribution in [3.63, 3.8) is 0 Å². The Labute approximate surface area is 144 Å². The average molecular weight is 348 g/mol. The fourth-order valence-electron chi connectivity index (χ4n) is 2.72. The predicted molar refractivity (Wildman–Crippen MR) is 92.9 cm³/mol. The number of ether oxygens (including phenoxy) is 1. The van der Waals surface area contributed by atoms with Gasteiger partial charge in [0.2, 0.25) is 5.13 Å². The molecule has 1 N–H and O–H groups in total. The zero-order chi connectivity index (χ0) is 17.1. The van der Waals surface area contributed by atoms with Crippen molar-refractivity contribution in [2.24, 2.45) is 0 Å². The maximum Gasteiger partial charge on any atom is 0.407 e. The third kappa shape index (κ3) is 3.43. The number of hydrogen-bond donors (Lipinski definition) is 1. The molecule has 1 atom stereocenters. The van der Waals surface area contributed by atoms with Crippen LogP contribution in [-0.2, 0) is 0 Å². The van der Waals surface area contributed by atoms with E-state index in [0.717, 1.165) is 21.5 Å². The Morgan fingerprint density at radius 3 is 2.71 bits per heavy atom. The van der Waals surface area contributed by atoms with Gasteiger partial charge in [0.15, 0.2) is 0 Å². The lowest BCUT2D eigenvalue weighted by molar-refractivity contribution is 0.136. The van der Waals surface area contributed by atoms with Crippen LogP contribution < -0.4 is 9.64 Å². The molecule has 0 radical (unpaired) electrons. The summed E-state index contributed by atoms with van der Waals surface area (Å²) in [5.41, 5.74) is 0.999. The largest absolute Gasteiger partial charge is 0.494 e. The van der Waals surface area contributed by atoms with Crippen LogP contribution >= 0.6 is 11.3 Å². The first kappa shape index (κ1) is 16.5. The second-order valence-corrected chi connectivity index (χ2v) is 6.57. The van der Waals surface area contributed by atoms with E-state index in [4.69, 9.17) is 9.84 Å². The summed E-state index contributed by atoms with van der Waals surface area (Å²) in [5, 5.41) is 19.4. The number of piperazine rings is 1. The van der Waals surface area contributed by atoms with E-state index in [2.05, 4.69) is 15.1 Å². The highest BCUT2D eigenvalue weighted by molar-refractivity contribution is 7.18. The fraction of sp³-hybridized carbons (Fsp3) is 0.438. The van der Waals surface area contributed by atoms with E-state index in [-0.39, 0.29) is 6.04 Å². The summed E-state index contributed by atoms with van der Waals surface area (Å²) in [4.78, 5) is 14.6. The van der Waals surface area contributed by atoms with Crippen LogP contribution in [0.2, 0.25) is 0 Å². The summed E-state index contributed by atoms with van der Waals surface area (Å²) in [6.45, 7) is 6.20. The molecule has 0 spiro atoms. The van der Waals surface area contributed by atoms with Gasteiger partial charge < -0.3 is 19.6 Å². The normalized spacial score (nSPS) is 17.8. The molecule has 1 aromatic carbocycles. The van der Waals surface area contributed by atoms with Gasteiger partial charge in [0.1, 0.15) is 10.8 Å². The molecule has 7 nitrogen and oxygen atoms in total. The van der Waals surface area contributed by atoms with Crippen LogP contribution in [0.15, 0.2) is 24.3 Å². The quantitative estimate of drug-likeness (QED) is 0.915. The van der Waals surface area contributed by atoms with Gasteiger partial charge in [-0.15, -0.1) is 10.2 Å². The highest BCUT2D eigenvalue weighted by Crippen LogP contribution is 2.31. The van der Waals surface area contributed by atoms with Crippen molar-refractivity contribution in [2.75, 3.05) is 31.1 Å². The van der Waals surface area contributed by atoms with Gasteiger partial charge in [-0.2, -0.15) is 0 Å². The van der Waals surface area contributed by atoms with Gasteiger partial charge >= 0.3 is 6.09 Å². The number of rotatable bonds is 4. The molecule has 8 heteroatoms. The van der Waals surface area contributed by atoms with Gasteiger partial charge in [-0.3, -0.25) is 0 Å². The van der Waals surface area contributed by atoms with E-state index in [0.29, 0.717) is 26.2 Å². The Kier molecular flexibility index (Phi) is 4.84. The lowest BCUT2D eigenvalue weighted by Crippen LogP contribution is -2.53. The number of carboxylic acid groups (broad SMARTS) is 1. The van der Waals surface area contributed by atoms with E-state index < -0.39 is 6.09 Å². The first-order valence-electron chi connectivity index (χ1n) is 7.89. The van der Waals surface area contributed by atoms with Crippen LogP contribution in [-0.4, -0.2) is 58.6 Å². The molecule has 128 valence electrons. The molecular formula is C16H20N4O3S. The number of benzene rings is 1. The fourth-order valence-corrected chi connectivity index (χ4v) is 3.70. The smallest absolute Gasteiger partial charge is 0.407 e. The lowest BCUT2D eigenvalue weighted by Gasteiger charge is -2.38. The van der Waals surface area contributed by atoms with Crippen molar-refractivity contribution in [3.05, 3.63) is 24.3 Å². The van der Waals surface area contributed by atoms with Crippen molar-refractivity contribution in [1.82, 2.24) is 15.1 Å². The minimum Gasteiger partial charge on any atom is -0.494 e. The van der Waals surface area contributed by atoms with E-state index in [9.17, 15) is 4.79 Å². The second kappa shape index (κ2) is 7.04. The van der Waals surface area contributed by atoms with Crippen molar-refractivity contribution in [2.45, 2.75) is 19.9 Å². The topological polar surface area (TPSA) is 78.8 Å². The summed E-state index contributed by atoms with van der Waals surface area (Å²) in [6.07, 6.45) is -0.867. The van der Waals surface area contributed by atoms with Crippen LogP contribution in [0.4, 0.5) is 9.93 Å². The molecule has 0 unspecified atom stereocenters. The number of amides is 1. The van der Waals surface area contributed by atoms with Crippen LogP contribution in [0.5, 0.6) is 5.75 Å². The summed E-state index contributed by atoms with van der Waals surface area (Å²) in [7, 11) is 0. The van der Waals surface area contributed by atoms with Gasteiger partial charge in [0.25, 0.3) is 0 Å². The van der Waals surface area contributed by atoms with Crippen molar-refractivity contribution < 1.29 is 14.6 Å². The average Bonchev–Trinajstić information content (AvgIpc) is 3.05. The third-order valence-corrected chi connectivity index (χ3v) is 4.98. The Hall–Kier alpha value is -2.35. The van der Waals surface area contributed by atoms with E-state index in [1.54, 1.807) is 0 Å². The van der Waals surface area contributed by atoms with Crippen molar-refractivity contribution >= 4 is 22.6 Å². The van der Waals surface area contributed by atoms with Crippen LogP contribution in [0.25, 0.3) is 10.6 Å². The minimum absolute atomic E-state index is 0.0796. The van der Waals surface area contributed by atoms with Gasteiger partial charge in [0, 0.05) is 31.2 Å². The maximum atomic E-state index is 11.1. The summed E-state index contributed by atoms with van der Waals surface area (Å²) in [6, 6.07) is 7.88. The Balaban J connectivity index is 1.72. The molecule has 3 rings (SSSR count). The zero-order valence-electron chi connectivity index (χ0n) is 13.7. The van der Waals surface area contributed by atoms with Gasteiger partial charge in [0.05, 0.1) is 6.61 Å². The number of nitrogens with zero attached hydrogens (tertiary/aromatic N) is 4. The molecular weight excluding hydrogens is 328 g/mol. The predicted octanol–water partition coefficient (Wildman–Crippen LogP) is 2.79. The van der Waals surface area contributed by atoms with E-state index in [1.807, 2.05) is 38.1 Å². The molecule has 0 saturated carbocycles. The Morgan fingerprint density at radius 1 is 1.33 bits per heavy atom. The third-order valence-electron chi connectivity index (χ3n) is 3.97. The molecule has 2 aromatic rings. The number of aromatic nitrogens is 2. The van der Waals surface area contributed by atoms with E-state index in [1.165, 1.54) is 16.2 Å². The Morgan fingerprint density at radius 2 is 2.08 bits per heavy atom. The molecule has 1 aromatic heterocycles. The standard InChI is InChI=1S/C16H20N4O3S/c1-3-23-13-6-4-12(5-7-13)14-17-18-15(24-14)20-9-8-19(16(21)22)10-11(20)2/h4-7,11H,3,8-10H2,1-2H3,(H,21,22)/t11-/m1/s1. The summed E-state index contributed by atoms with van der Waals surface area (Å²) in [5.74, 6) is 0.837. The van der Waals surface area contributed by atoms with Crippen molar-refractivity contribution in [1.29, 1.82) is 0 Å². The monoisotopic (exact) mass is 348 g/mol. The molecule has 1 saturated heterocycles. The van der Waals surface area contributed by atoms with Gasteiger partial charge in [-0.05, 0) is 38.1 Å². The molecule has 2 heterocycles. The van der Waals surface area contributed by atoms with Crippen molar-refractivity contribution in [3.8, 4) is 16.3 Å². The zero-order valence-corrected chi connectivity index (χ0v) is 14.5. The highest BCUT2D eigenvalue weighted by atomic mass is 32.1. The van der Waals surface area contributed by atoms with Crippen LogP contribution in [0.3, 0.4) is 0 Å². The summed E-state index contributed by atoms with van der Waals surface area (Å²) >= 11 is 1.52. The van der Waals surface area contributed by atoms with Crippen LogP contribution in [0.1, 0.15) is 13.8 Å². The first-order chi connectivity index (χ1) is 11.6. The SMILES string of the molecule is CCOc1ccc(-c2nnc(N3CCN(C(=O)O)C[C@H]3C)s2)cc1. The molecule has 24 heavy (non-hydrogen) atoms. The molecule has 0 bridgehead atoms. The number of anilines is 1. The second-order valence-electron chi connectivity index (χ2n) is 5.62. The number of hydrogen-bond acceptors (Lipinski definition) is 6. The van der Waals surface area contributed by atoms with E-state index >= 15 is 0 Å². The highest BCUT2D eigenvalue weighted by Gasteiger charge is 2.28. The maximum absolute atomic E-state index is 11.1. The van der Waals surface area contributed by atoms with Gasteiger partial charge in [-0.25, -0.2) is 4.79 Å².